The van der Waals surface area contributed by atoms with Crippen molar-refractivity contribution >= 4 is 27.9 Å². The number of piperidine rings is 1. The summed E-state index contributed by atoms with van der Waals surface area (Å²) in [6.45, 7) is 6.23. The lowest BCUT2D eigenvalue weighted by Crippen LogP contribution is -2.48. The molecule has 8 heteroatoms. The Morgan fingerprint density at radius 2 is 1.81 bits per heavy atom. The third kappa shape index (κ3) is 4.72. The monoisotopic (exact) mass is 432 g/mol. The molecular weight excluding hydrogens is 410 g/mol. The standard InChI is InChI=1S/C18H23BrF2N2O3/c1-18(2,3)26-17(25)23-9-7-11(8-10-23)22(4)16(24)14-13(20)6-5-12(19)15(14)21/h5-6,11H,7-10H2,1-4H3. The summed E-state index contributed by atoms with van der Waals surface area (Å²) in [6, 6.07) is 2.07. The topological polar surface area (TPSA) is 49.9 Å². The number of amides is 2. The first-order valence-electron chi connectivity index (χ1n) is 8.40. The predicted octanol–water partition coefficient (Wildman–Crippen LogP) is 4.20. The molecule has 2 rings (SSSR count). The summed E-state index contributed by atoms with van der Waals surface area (Å²) in [5.41, 5.74) is -1.15. The summed E-state index contributed by atoms with van der Waals surface area (Å²) < 4.78 is 33.5. The molecule has 1 aliphatic heterocycles. The average Bonchev–Trinajstić information content (AvgIpc) is 2.56. The fraction of sp³-hybridized carbons (Fsp3) is 0.556. The first kappa shape index (κ1) is 20.6. The summed E-state index contributed by atoms with van der Waals surface area (Å²) in [6.07, 6.45) is 0.631. The lowest BCUT2D eigenvalue weighted by atomic mass is 10.0. The molecule has 0 radical (unpaired) electrons. The van der Waals surface area contributed by atoms with E-state index in [1.54, 1.807) is 25.7 Å². The van der Waals surface area contributed by atoms with Crippen LogP contribution in [0.4, 0.5) is 13.6 Å². The van der Waals surface area contributed by atoms with E-state index in [-0.39, 0.29) is 10.5 Å². The SMILES string of the molecule is CN(C(=O)c1c(F)ccc(Br)c1F)C1CCN(C(=O)OC(C)(C)C)CC1. The van der Waals surface area contributed by atoms with E-state index < -0.39 is 34.8 Å². The Bertz CT molecular complexity index is 698. The molecule has 2 amide bonds. The Kier molecular flexibility index (Phi) is 6.26. The number of carbonyl (C=O) groups is 2. The summed E-state index contributed by atoms with van der Waals surface area (Å²) in [5, 5.41) is 0. The number of benzene rings is 1. The Balaban J connectivity index is 2.02. The number of carbonyl (C=O) groups excluding carboxylic acids is 2. The molecule has 5 nitrogen and oxygen atoms in total. The maximum Gasteiger partial charge on any atom is 0.410 e. The number of hydrogen-bond donors (Lipinski definition) is 0. The van der Waals surface area contributed by atoms with E-state index >= 15 is 0 Å². The van der Waals surface area contributed by atoms with Crippen molar-refractivity contribution in [3.63, 3.8) is 0 Å². The van der Waals surface area contributed by atoms with Crippen molar-refractivity contribution < 1.29 is 23.1 Å². The van der Waals surface area contributed by atoms with Gasteiger partial charge in [-0.25, -0.2) is 13.6 Å². The fourth-order valence-electron chi connectivity index (χ4n) is 2.83. The van der Waals surface area contributed by atoms with E-state index in [0.29, 0.717) is 25.9 Å². The van der Waals surface area contributed by atoms with Crippen LogP contribution in [0.25, 0.3) is 0 Å². The highest BCUT2D eigenvalue weighted by molar-refractivity contribution is 9.10. The molecule has 1 fully saturated rings. The largest absolute Gasteiger partial charge is 0.444 e. The Morgan fingerprint density at radius 3 is 2.35 bits per heavy atom. The van der Waals surface area contributed by atoms with Crippen molar-refractivity contribution in [1.29, 1.82) is 0 Å². The molecule has 1 aromatic carbocycles. The van der Waals surface area contributed by atoms with Crippen LogP contribution in [0.1, 0.15) is 44.0 Å². The minimum Gasteiger partial charge on any atom is -0.444 e. The normalized spacial score (nSPS) is 15.7. The first-order chi connectivity index (χ1) is 12.0. The molecule has 0 aliphatic carbocycles. The van der Waals surface area contributed by atoms with Crippen LogP contribution < -0.4 is 0 Å². The molecule has 1 heterocycles. The van der Waals surface area contributed by atoms with Crippen LogP contribution in [-0.4, -0.2) is 53.6 Å². The molecule has 26 heavy (non-hydrogen) atoms. The second kappa shape index (κ2) is 7.90. The van der Waals surface area contributed by atoms with Gasteiger partial charge < -0.3 is 14.5 Å². The lowest BCUT2D eigenvalue weighted by molar-refractivity contribution is 0.0159. The number of hydrogen-bond acceptors (Lipinski definition) is 3. The van der Waals surface area contributed by atoms with Crippen molar-refractivity contribution in [2.24, 2.45) is 0 Å². The van der Waals surface area contributed by atoms with Crippen LogP contribution in [0, 0.1) is 11.6 Å². The van der Waals surface area contributed by atoms with Gasteiger partial charge in [-0.15, -0.1) is 0 Å². The van der Waals surface area contributed by atoms with E-state index in [4.69, 9.17) is 4.74 Å². The molecule has 0 N–H and O–H groups in total. The van der Waals surface area contributed by atoms with E-state index in [0.717, 1.165) is 6.07 Å². The summed E-state index contributed by atoms with van der Waals surface area (Å²) in [4.78, 5) is 27.6. The second-order valence-corrected chi connectivity index (χ2v) is 8.19. The Hall–Kier alpha value is -1.70. The average molecular weight is 433 g/mol. The van der Waals surface area contributed by atoms with Crippen LogP contribution in [0.2, 0.25) is 0 Å². The molecule has 0 saturated carbocycles. The van der Waals surface area contributed by atoms with E-state index in [1.165, 1.54) is 18.0 Å². The summed E-state index contributed by atoms with van der Waals surface area (Å²) in [7, 11) is 1.52. The Labute approximate surface area is 160 Å². The molecule has 0 atom stereocenters. The zero-order valence-electron chi connectivity index (χ0n) is 15.3. The zero-order chi connectivity index (χ0) is 19.6. The van der Waals surface area contributed by atoms with Gasteiger partial charge >= 0.3 is 6.09 Å². The lowest BCUT2D eigenvalue weighted by Gasteiger charge is -2.37. The molecule has 0 unspecified atom stereocenters. The van der Waals surface area contributed by atoms with E-state index in [2.05, 4.69) is 15.9 Å². The number of halogens is 3. The first-order valence-corrected chi connectivity index (χ1v) is 9.19. The molecule has 144 valence electrons. The highest BCUT2D eigenvalue weighted by atomic mass is 79.9. The van der Waals surface area contributed by atoms with E-state index in [9.17, 15) is 18.4 Å². The van der Waals surface area contributed by atoms with Crippen molar-refractivity contribution in [3.8, 4) is 0 Å². The molecule has 0 aromatic heterocycles. The molecule has 1 saturated heterocycles. The number of nitrogens with zero attached hydrogens (tertiary/aromatic N) is 2. The van der Waals surface area contributed by atoms with Gasteiger partial charge in [-0.3, -0.25) is 4.79 Å². The fourth-order valence-corrected chi connectivity index (χ4v) is 3.16. The van der Waals surface area contributed by atoms with Crippen LogP contribution in [0.15, 0.2) is 16.6 Å². The van der Waals surface area contributed by atoms with Gasteiger partial charge in [0.1, 0.15) is 17.0 Å². The smallest absolute Gasteiger partial charge is 0.410 e. The van der Waals surface area contributed by atoms with Gasteiger partial charge in [-0.1, -0.05) is 0 Å². The second-order valence-electron chi connectivity index (χ2n) is 7.33. The molecule has 1 aliphatic rings. The van der Waals surface area contributed by atoms with Gasteiger partial charge in [0.05, 0.1) is 4.47 Å². The summed E-state index contributed by atoms with van der Waals surface area (Å²) in [5.74, 6) is -2.52. The van der Waals surface area contributed by atoms with Crippen LogP contribution in [0.5, 0.6) is 0 Å². The van der Waals surface area contributed by atoms with Crippen molar-refractivity contribution in [2.75, 3.05) is 20.1 Å². The van der Waals surface area contributed by atoms with E-state index in [1.807, 2.05) is 0 Å². The van der Waals surface area contributed by atoms with Gasteiger partial charge in [0.25, 0.3) is 5.91 Å². The number of rotatable bonds is 2. The highest BCUT2D eigenvalue weighted by Gasteiger charge is 2.32. The molecule has 0 bridgehead atoms. The van der Waals surface area contributed by atoms with Gasteiger partial charge in [0.2, 0.25) is 0 Å². The quantitative estimate of drug-likeness (QED) is 0.657. The highest BCUT2D eigenvalue weighted by Crippen LogP contribution is 2.25. The molecule has 1 aromatic rings. The maximum absolute atomic E-state index is 14.2. The van der Waals surface area contributed by atoms with Gasteiger partial charge in [0.15, 0.2) is 5.82 Å². The maximum atomic E-state index is 14.2. The summed E-state index contributed by atoms with van der Waals surface area (Å²) >= 11 is 2.97. The van der Waals surface area contributed by atoms with Crippen molar-refractivity contribution in [2.45, 2.75) is 45.3 Å². The minimum absolute atomic E-state index is 0.0374. The molecule has 0 spiro atoms. The van der Waals surface area contributed by atoms with Gasteiger partial charge in [0, 0.05) is 26.2 Å². The molecular formula is C18H23BrF2N2O3. The third-order valence-corrected chi connectivity index (χ3v) is 4.85. The minimum atomic E-state index is -0.909. The van der Waals surface area contributed by atoms with Gasteiger partial charge in [-0.2, -0.15) is 0 Å². The Morgan fingerprint density at radius 1 is 1.23 bits per heavy atom. The number of ether oxygens (including phenoxy) is 1. The van der Waals surface area contributed by atoms with Crippen LogP contribution in [-0.2, 0) is 4.74 Å². The predicted molar refractivity (Wildman–Crippen MR) is 97.0 cm³/mol. The van der Waals surface area contributed by atoms with Gasteiger partial charge in [-0.05, 0) is 61.7 Å². The zero-order valence-corrected chi connectivity index (χ0v) is 16.9. The van der Waals surface area contributed by atoms with Crippen LogP contribution >= 0.6 is 15.9 Å². The third-order valence-electron chi connectivity index (χ3n) is 4.24. The number of likely N-dealkylation sites (tertiary alicyclic amines) is 1. The van der Waals surface area contributed by atoms with Crippen molar-refractivity contribution in [3.05, 3.63) is 33.8 Å². The van der Waals surface area contributed by atoms with Crippen LogP contribution in [0.3, 0.4) is 0 Å². The van der Waals surface area contributed by atoms with Crippen molar-refractivity contribution in [1.82, 2.24) is 9.80 Å².